The molecule has 0 spiro atoms. The molecule has 212 valence electrons. The number of carbonyl (C=O) groups is 3. The van der Waals surface area contributed by atoms with Crippen molar-refractivity contribution in [2.24, 2.45) is 5.73 Å². The van der Waals surface area contributed by atoms with Gasteiger partial charge in [0.25, 0.3) is 11.8 Å². The number of ether oxygens (including phenoxy) is 4. The van der Waals surface area contributed by atoms with Gasteiger partial charge >= 0.3 is 0 Å². The van der Waals surface area contributed by atoms with Crippen LogP contribution in [-0.4, -0.2) is 62.7 Å². The molecule has 4 rings (SSSR count). The van der Waals surface area contributed by atoms with Crippen LogP contribution in [0.3, 0.4) is 0 Å². The van der Waals surface area contributed by atoms with E-state index in [-0.39, 0.29) is 34.6 Å². The van der Waals surface area contributed by atoms with Crippen LogP contribution >= 0.6 is 11.5 Å². The molecule has 1 saturated heterocycles. The third-order valence-corrected chi connectivity index (χ3v) is 7.33. The second-order valence-corrected chi connectivity index (χ2v) is 9.66. The minimum absolute atomic E-state index is 0.0582. The molecule has 5 N–H and O–H groups in total. The molecule has 1 fully saturated rings. The molecule has 1 aromatic heterocycles. The first-order valence-electron chi connectivity index (χ1n) is 12.4. The van der Waals surface area contributed by atoms with Crippen molar-refractivity contribution in [3.8, 4) is 17.2 Å². The van der Waals surface area contributed by atoms with Crippen LogP contribution in [0.5, 0.6) is 17.2 Å². The van der Waals surface area contributed by atoms with Crippen LogP contribution in [-0.2, 0) is 9.53 Å². The number of methoxy groups -OCH3 is 3. The van der Waals surface area contributed by atoms with E-state index >= 15 is 0 Å². The summed E-state index contributed by atoms with van der Waals surface area (Å²) >= 11 is 0.717. The Morgan fingerprint density at radius 1 is 1.10 bits per heavy atom. The standard InChI is InChI=1S/C27H31N5O7S/c1-36-18-9-5-4-8-17(18)32(27(35)24-21(28)22(25(29)33)31-40-24)23(26(34)30-14-16-7-6-12-39-16)15-10-11-19(37-2)20(13-15)38-3/h4-5,8-11,13,16,23H,6-7,12,14,28H2,1-3H3,(H2,29,33)(H,30,34)/t16-,23+/m0/s1. The van der Waals surface area contributed by atoms with Crippen molar-refractivity contribution < 1.29 is 33.3 Å². The molecule has 2 aromatic carbocycles. The van der Waals surface area contributed by atoms with Gasteiger partial charge in [0, 0.05) is 13.2 Å². The van der Waals surface area contributed by atoms with Crippen LogP contribution in [0, 0.1) is 0 Å². The normalized spacial score (nSPS) is 15.2. The first-order chi connectivity index (χ1) is 19.3. The maximum Gasteiger partial charge on any atom is 0.273 e. The number of nitrogen functional groups attached to an aromatic ring is 1. The van der Waals surface area contributed by atoms with Gasteiger partial charge in [0.1, 0.15) is 16.7 Å². The zero-order valence-corrected chi connectivity index (χ0v) is 23.2. The number of nitrogens with two attached hydrogens (primary N) is 2. The quantitative estimate of drug-likeness (QED) is 0.314. The summed E-state index contributed by atoms with van der Waals surface area (Å²) in [7, 11) is 4.42. The number of hydrogen-bond donors (Lipinski definition) is 3. The highest BCUT2D eigenvalue weighted by Crippen LogP contribution is 2.40. The topological polar surface area (TPSA) is 168 Å². The molecule has 12 nitrogen and oxygen atoms in total. The van der Waals surface area contributed by atoms with Gasteiger partial charge in [-0.3, -0.25) is 19.3 Å². The summed E-state index contributed by atoms with van der Waals surface area (Å²) in [6.07, 6.45) is 1.57. The fraction of sp³-hybridized carbons (Fsp3) is 0.333. The maximum atomic E-state index is 14.3. The predicted octanol–water partition coefficient (Wildman–Crippen LogP) is 2.53. The second kappa shape index (κ2) is 12.7. The molecule has 0 aliphatic carbocycles. The monoisotopic (exact) mass is 569 g/mol. The van der Waals surface area contributed by atoms with E-state index in [0.29, 0.717) is 41.0 Å². The van der Waals surface area contributed by atoms with Crippen molar-refractivity contribution in [1.82, 2.24) is 9.69 Å². The highest BCUT2D eigenvalue weighted by molar-refractivity contribution is 7.09. The fourth-order valence-corrected chi connectivity index (χ4v) is 5.23. The number of carbonyl (C=O) groups excluding carboxylic acids is 3. The van der Waals surface area contributed by atoms with Gasteiger partial charge in [-0.1, -0.05) is 18.2 Å². The van der Waals surface area contributed by atoms with E-state index in [1.807, 2.05) is 0 Å². The maximum absolute atomic E-state index is 14.3. The number of amides is 3. The van der Waals surface area contributed by atoms with Crippen LogP contribution < -0.4 is 35.9 Å². The van der Waals surface area contributed by atoms with Gasteiger partial charge in [-0.15, -0.1) is 0 Å². The highest BCUT2D eigenvalue weighted by atomic mass is 32.1. The Hall–Kier alpha value is -4.36. The molecule has 2 heterocycles. The van der Waals surface area contributed by atoms with Crippen molar-refractivity contribution in [3.63, 3.8) is 0 Å². The summed E-state index contributed by atoms with van der Waals surface area (Å²) in [5.41, 5.74) is 11.9. The Morgan fingerprint density at radius 3 is 2.45 bits per heavy atom. The second-order valence-electron chi connectivity index (χ2n) is 8.88. The number of nitrogens with zero attached hydrogens (tertiary/aromatic N) is 2. The molecule has 0 unspecified atom stereocenters. The first-order valence-corrected chi connectivity index (χ1v) is 13.2. The number of para-hydroxylation sites is 2. The highest BCUT2D eigenvalue weighted by Gasteiger charge is 2.38. The van der Waals surface area contributed by atoms with Gasteiger partial charge in [0.15, 0.2) is 17.2 Å². The number of primary amides is 1. The molecule has 0 bridgehead atoms. The van der Waals surface area contributed by atoms with Crippen molar-refractivity contribution in [2.45, 2.75) is 25.0 Å². The largest absolute Gasteiger partial charge is 0.495 e. The number of anilines is 2. The Bertz CT molecular complexity index is 1390. The van der Waals surface area contributed by atoms with Crippen LogP contribution in [0.2, 0.25) is 0 Å². The Morgan fingerprint density at radius 2 is 1.82 bits per heavy atom. The van der Waals surface area contributed by atoms with Crippen LogP contribution in [0.4, 0.5) is 11.4 Å². The molecule has 2 atom stereocenters. The Kier molecular flexibility index (Phi) is 9.07. The lowest BCUT2D eigenvalue weighted by Gasteiger charge is -2.32. The van der Waals surface area contributed by atoms with Gasteiger partial charge in [-0.05, 0) is 54.2 Å². The first kappa shape index (κ1) is 28.6. The van der Waals surface area contributed by atoms with Crippen LogP contribution in [0.15, 0.2) is 42.5 Å². The van der Waals surface area contributed by atoms with Crippen molar-refractivity contribution in [1.29, 1.82) is 0 Å². The molecule has 0 saturated carbocycles. The third kappa shape index (κ3) is 5.80. The lowest BCUT2D eigenvalue weighted by atomic mass is 10.0. The molecule has 3 amide bonds. The molecule has 1 aliphatic heterocycles. The molecule has 0 radical (unpaired) electrons. The number of rotatable bonds is 11. The SMILES string of the molecule is COc1ccc([C@H](C(=O)NC[C@@H]2CCCO2)N(C(=O)c2snc(C(N)=O)c2N)c2ccccc2OC)cc1OC. The average Bonchev–Trinajstić information content (AvgIpc) is 3.63. The van der Waals surface area contributed by atoms with E-state index in [1.165, 1.54) is 26.2 Å². The van der Waals surface area contributed by atoms with Gasteiger partial charge in [-0.2, -0.15) is 4.37 Å². The van der Waals surface area contributed by atoms with Gasteiger partial charge in [-0.25, -0.2) is 0 Å². The van der Waals surface area contributed by atoms with Crippen LogP contribution in [0.1, 0.15) is 44.6 Å². The smallest absolute Gasteiger partial charge is 0.273 e. The third-order valence-electron chi connectivity index (χ3n) is 6.48. The minimum Gasteiger partial charge on any atom is -0.495 e. The molecule has 3 aromatic rings. The number of benzene rings is 2. The van der Waals surface area contributed by atoms with E-state index in [2.05, 4.69) is 9.69 Å². The summed E-state index contributed by atoms with van der Waals surface area (Å²) in [6.45, 7) is 0.878. The summed E-state index contributed by atoms with van der Waals surface area (Å²) in [5.74, 6) is -0.913. The van der Waals surface area contributed by atoms with E-state index in [0.717, 1.165) is 12.8 Å². The van der Waals surface area contributed by atoms with E-state index in [1.54, 1.807) is 42.5 Å². The fourth-order valence-electron chi connectivity index (χ4n) is 4.49. The number of aromatic nitrogens is 1. The Labute approximate surface area is 235 Å². The summed E-state index contributed by atoms with van der Waals surface area (Å²) in [5, 5.41) is 2.93. The summed E-state index contributed by atoms with van der Waals surface area (Å²) in [4.78, 5) is 41.3. The summed E-state index contributed by atoms with van der Waals surface area (Å²) in [6, 6.07) is 10.4. The van der Waals surface area contributed by atoms with E-state index < -0.39 is 23.8 Å². The number of nitrogens with one attached hydrogen (secondary N) is 1. The summed E-state index contributed by atoms with van der Waals surface area (Å²) < 4.78 is 26.1. The van der Waals surface area contributed by atoms with E-state index in [4.69, 9.17) is 30.4 Å². The molecular formula is C27H31N5O7S. The zero-order chi connectivity index (χ0) is 28.8. The van der Waals surface area contributed by atoms with Crippen molar-refractivity contribution in [3.05, 3.63) is 58.6 Å². The van der Waals surface area contributed by atoms with Gasteiger partial charge in [0.2, 0.25) is 5.91 Å². The van der Waals surface area contributed by atoms with Crippen molar-refractivity contribution >= 4 is 40.6 Å². The molecule has 1 aliphatic rings. The number of hydrogen-bond acceptors (Lipinski definition) is 10. The average molecular weight is 570 g/mol. The predicted molar refractivity (Wildman–Crippen MR) is 149 cm³/mol. The molecular weight excluding hydrogens is 538 g/mol. The van der Waals surface area contributed by atoms with E-state index in [9.17, 15) is 14.4 Å². The van der Waals surface area contributed by atoms with Gasteiger partial charge in [0.05, 0.1) is 38.8 Å². The molecule has 13 heteroatoms. The minimum atomic E-state index is -1.23. The molecule has 40 heavy (non-hydrogen) atoms. The van der Waals surface area contributed by atoms with Crippen molar-refractivity contribution in [2.75, 3.05) is 45.1 Å². The lowest BCUT2D eigenvalue weighted by Crippen LogP contribution is -2.45. The zero-order valence-electron chi connectivity index (χ0n) is 22.3. The lowest BCUT2D eigenvalue weighted by molar-refractivity contribution is -0.123. The van der Waals surface area contributed by atoms with Gasteiger partial charge < -0.3 is 35.7 Å². The Balaban J connectivity index is 1.89. The van der Waals surface area contributed by atoms with Crippen LogP contribution in [0.25, 0.3) is 0 Å².